The largest absolute Gasteiger partial charge is 0.256 e. The first kappa shape index (κ1) is 17.3. The number of pyridine rings is 1. The van der Waals surface area contributed by atoms with Crippen LogP contribution in [0.5, 0.6) is 0 Å². The van der Waals surface area contributed by atoms with Crippen molar-refractivity contribution in [3.8, 4) is 11.1 Å². The summed E-state index contributed by atoms with van der Waals surface area (Å²) in [4.78, 5) is 4.62. The molecule has 1 saturated carbocycles. The van der Waals surface area contributed by atoms with Gasteiger partial charge in [-0.25, -0.2) is 0 Å². The average molecular weight is 358 g/mol. The van der Waals surface area contributed by atoms with Crippen LogP contribution in [0.15, 0.2) is 54.7 Å². The van der Waals surface area contributed by atoms with Gasteiger partial charge >= 0.3 is 0 Å². The molecule has 0 spiro atoms. The Labute approximate surface area is 154 Å². The Bertz CT molecular complexity index is 838. The summed E-state index contributed by atoms with van der Waals surface area (Å²) in [6, 6.07) is 16.9. The van der Waals surface area contributed by atoms with Crippen LogP contribution in [0.25, 0.3) is 22.0 Å². The van der Waals surface area contributed by atoms with Crippen LogP contribution >= 0.6 is 24.0 Å². The minimum Gasteiger partial charge on any atom is -0.256 e. The van der Waals surface area contributed by atoms with Crippen LogP contribution < -0.4 is 0 Å². The predicted molar refractivity (Wildman–Crippen MR) is 105 cm³/mol. The summed E-state index contributed by atoms with van der Waals surface area (Å²) >= 11 is 6.20. The molecular formula is C21H21Cl2N. The summed E-state index contributed by atoms with van der Waals surface area (Å²) in [5, 5.41) is 1.99. The Morgan fingerprint density at radius 3 is 2.62 bits per heavy atom. The standard InChI is InChI=1S/C21H20ClN.ClH/c22-19-9-3-7-17(14-19)20-13-16(11-15-5-1-2-6-15)12-18-8-4-10-23-21(18)20;/h3-4,7-10,12-15H,1-2,5-6,11H2;1H. The van der Waals surface area contributed by atoms with Crippen molar-refractivity contribution in [2.24, 2.45) is 5.92 Å². The molecule has 1 heterocycles. The van der Waals surface area contributed by atoms with E-state index in [2.05, 4.69) is 29.2 Å². The maximum Gasteiger partial charge on any atom is 0.0780 e. The van der Waals surface area contributed by atoms with E-state index in [1.54, 1.807) is 0 Å². The molecule has 3 heteroatoms. The number of fused-ring (bicyclic) bond motifs is 1. The van der Waals surface area contributed by atoms with Crippen LogP contribution in [0.3, 0.4) is 0 Å². The summed E-state index contributed by atoms with van der Waals surface area (Å²) in [5.74, 6) is 0.844. The maximum absolute atomic E-state index is 6.20. The lowest BCUT2D eigenvalue weighted by molar-refractivity contribution is 0.547. The first-order chi connectivity index (χ1) is 11.3. The van der Waals surface area contributed by atoms with Gasteiger partial charge < -0.3 is 0 Å². The molecule has 0 saturated heterocycles. The van der Waals surface area contributed by atoms with Crippen molar-refractivity contribution >= 4 is 34.9 Å². The lowest BCUT2D eigenvalue weighted by Gasteiger charge is -2.13. The SMILES string of the molecule is Cl.Clc1cccc(-c2cc(CC3CCCC3)cc3cccnc23)c1. The third kappa shape index (κ3) is 3.58. The van der Waals surface area contributed by atoms with E-state index in [1.165, 1.54) is 48.6 Å². The van der Waals surface area contributed by atoms with Crippen molar-refractivity contribution in [3.63, 3.8) is 0 Å². The van der Waals surface area contributed by atoms with Crippen LogP contribution in [0.1, 0.15) is 31.2 Å². The molecule has 0 unspecified atom stereocenters. The van der Waals surface area contributed by atoms with E-state index in [4.69, 9.17) is 11.6 Å². The van der Waals surface area contributed by atoms with Crippen molar-refractivity contribution < 1.29 is 0 Å². The first-order valence-electron chi connectivity index (χ1n) is 8.43. The molecule has 1 aliphatic rings. The second kappa shape index (κ2) is 7.55. The van der Waals surface area contributed by atoms with Gasteiger partial charge in [0.1, 0.15) is 0 Å². The number of halogens is 2. The van der Waals surface area contributed by atoms with Crippen molar-refractivity contribution in [1.29, 1.82) is 0 Å². The number of nitrogens with zero attached hydrogens (tertiary/aromatic N) is 1. The quantitative estimate of drug-likeness (QED) is 0.507. The molecular weight excluding hydrogens is 337 g/mol. The number of aromatic nitrogens is 1. The van der Waals surface area contributed by atoms with Gasteiger partial charge in [0, 0.05) is 22.2 Å². The summed E-state index contributed by atoms with van der Waals surface area (Å²) in [6.07, 6.45) is 8.57. The minimum atomic E-state index is 0. The van der Waals surface area contributed by atoms with Gasteiger partial charge in [-0.2, -0.15) is 0 Å². The van der Waals surface area contributed by atoms with E-state index in [9.17, 15) is 0 Å². The second-order valence-corrected chi connectivity index (χ2v) is 7.02. The number of hydrogen-bond acceptors (Lipinski definition) is 1. The summed E-state index contributed by atoms with van der Waals surface area (Å²) in [6.45, 7) is 0. The molecule has 0 radical (unpaired) electrons. The first-order valence-corrected chi connectivity index (χ1v) is 8.81. The molecule has 0 amide bonds. The fraction of sp³-hybridized carbons (Fsp3) is 0.286. The van der Waals surface area contributed by atoms with E-state index in [0.29, 0.717) is 0 Å². The van der Waals surface area contributed by atoms with Gasteiger partial charge in [0.2, 0.25) is 0 Å². The van der Waals surface area contributed by atoms with Gasteiger partial charge in [-0.15, -0.1) is 12.4 Å². The lowest BCUT2D eigenvalue weighted by Crippen LogP contribution is -1.99. The van der Waals surface area contributed by atoms with Crippen LogP contribution in [0.4, 0.5) is 0 Å². The van der Waals surface area contributed by atoms with Crippen molar-refractivity contribution in [1.82, 2.24) is 4.98 Å². The summed E-state index contributed by atoms with van der Waals surface area (Å²) < 4.78 is 0. The van der Waals surface area contributed by atoms with Crippen molar-refractivity contribution in [2.75, 3.05) is 0 Å². The van der Waals surface area contributed by atoms with Gasteiger partial charge in [0.05, 0.1) is 5.52 Å². The Morgan fingerprint density at radius 1 is 1.00 bits per heavy atom. The van der Waals surface area contributed by atoms with E-state index >= 15 is 0 Å². The van der Waals surface area contributed by atoms with E-state index < -0.39 is 0 Å². The highest BCUT2D eigenvalue weighted by molar-refractivity contribution is 6.30. The molecule has 3 aromatic rings. The van der Waals surface area contributed by atoms with Crippen molar-refractivity contribution in [2.45, 2.75) is 32.1 Å². The van der Waals surface area contributed by atoms with Crippen LogP contribution in [-0.4, -0.2) is 4.98 Å². The van der Waals surface area contributed by atoms with Gasteiger partial charge in [-0.05, 0) is 53.8 Å². The highest BCUT2D eigenvalue weighted by atomic mass is 35.5. The second-order valence-electron chi connectivity index (χ2n) is 6.58. The lowest BCUT2D eigenvalue weighted by atomic mass is 9.93. The van der Waals surface area contributed by atoms with Crippen molar-refractivity contribution in [3.05, 3.63) is 65.3 Å². The molecule has 1 aliphatic carbocycles. The molecule has 1 aromatic heterocycles. The molecule has 124 valence electrons. The van der Waals surface area contributed by atoms with Crippen LogP contribution in [0, 0.1) is 5.92 Å². The molecule has 0 atom stereocenters. The monoisotopic (exact) mass is 357 g/mol. The molecule has 1 nitrogen and oxygen atoms in total. The highest BCUT2D eigenvalue weighted by Gasteiger charge is 2.17. The third-order valence-corrected chi connectivity index (χ3v) is 5.13. The average Bonchev–Trinajstić information content (AvgIpc) is 3.07. The highest BCUT2D eigenvalue weighted by Crippen LogP contribution is 2.33. The van der Waals surface area contributed by atoms with Gasteiger partial charge in [0.25, 0.3) is 0 Å². The van der Waals surface area contributed by atoms with Gasteiger partial charge in [-0.1, -0.05) is 55.5 Å². The Hall–Kier alpha value is -1.57. The Kier molecular flexibility index (Phi) is 5.43. The molecule has 4 rings (SSSR count). The fourth-order valence-corrected chi connectivity index (χ4v) is 3.99. The molecule has 1 fully saturated rings. The molecule has 0 N–H and O–H groups in total. The minimum absolute atomic E-state index is 0. The normalized spacial score (nSPS) is 14.7. The molecule has 2 aromatic carbocycles. The van der Waals surface area contributed by atoms with E-state index in [0.717, 1.165) is 22.0 Å². The summed E-state index contributed by atoms with van der Waals surface area (Å²) in [7, 11) is 0. The Morgan fingerprint density at radius 2 is 1.83 bits per heavy atom. The van der Waals surface area contributed by atoms with Gasteiger partial charge in [-0.3, -0.25) is 4.98 Å². The fourth-order valence-electron chi connectivity index (χ4n) is 3.80. The molecule has 24 heavy (non-hydrogen) atoms. The zero-order valence-corrected chi connectivity index (χ0v) is 15.1. The molecule has 0 bridgehead atoms. The van der Waals surface area contributed by atoms with Gasteiger partial charge in [0.15, 0.2) is 0 Å². The Balaban J connectivity index is 0.00000169. The molecule has 0 aliphatic heterocycles. The number of hydrogen-bond donors (Lipinski definition) is 0. The number of benzene rings is 2. The van der Waals surface area contributed by atoms with Crippen LogP contribution in [-0.2, 0) is 6.42 Å². The summed E-state index contributed by atoms with van der Waals surface area (Å²) in [5.41, 5.74) is 4.82. The van der Waals surface area contributed by atoms with E-state index in [1.807, 2.05) is 30.5 Å². The maximum atomic E-state index is 6.20. The smallest absolute Gasteiger partial charge is 0.0780 e. The predicted octanol–water partition coefficient (Wildman–Crippen LogP) is 6.71. The topological polar surface area (TPSA) is 12.9 Å². The third-order valence-electron chi connectivity index (χ3n) is 4.90. The van der Waals surface area contributed by atoms with E-state index in [-0.39, 0.29) is 12.4 Å². The zero-order valence-electron chi connectivity index (χ0n) is 13.5. The zero-order chi connectivity index (χ0) is 15.6. The van der Waals surface area contributed by atoms with Crippen LogP contribution in [0.2, 0.25) is 5.02 Å². The number of rotatable bonds is 3.